The van der Waals surface area contributed by atoms with E-state index in [0.717, 1.165) is 86.7 Å². The lowest BCUT2D eigenvalue weighted by Crippen LogP contribution is -2.37. The first kappa shape index (κ1) is 82.7. The maximum atomic E-state index is 13.1. The number of nitrogens with one attached hydrogen (secondary N) is 2. The second kappa shape index (κ2) is 37.7. The van der Waals surface area contributed by atoms with E-state index in [-0.39, 0.29) is 90.4 Å². The summed E-state index contributed by atoms with van der Waals surface area (Å²) in [7, 11) is 8.30. The molecular weight excluding hydrogens is 1490 g/mol. The summed E-state index contributed by atoms with van der Waals surface area (Å²) < 4.78 is 25.6. The quantitative estimate of drug-likeness (QED) is 0.0168. The first-order valence-corrected chi connectivity index (χ1v) is 37.1. The number of carboxylic acids is 1. The normalized spacial score (nSPS) is 12.0. The number of amidine groups is 2. The van der Waals surface area contributed by atoms with E-state index < -0.39 is 12.1 Å². The zero-order chi connectivity index (χ0) is 81.3. The molecule has 0 fully saturated rings. The van der Waals surface area contributed by atoms with Gasteiger partial charge in [-0.05, 0) is 106 Å². The first-order chi connectivity index (χ1) is 54.1. The Morgan fingerprint density at radius 2 is 1.00 bits per heavy atom. The third-order valence-corrected chi connectivity index (χ3v) is 19.4. The molecule has 0 aliphatic carbocycles. The van der Waals surface area contributed by atoms with Crippen molar-refractivity contribution in [3.63, 3.8) is 0 Å². The molecule has 30 nitrogen and oxygen atoms in total. The number of hydrogen-bond acceptors (Lipinski definition) is 22. The number of hydrogen-bond donors (Lipinski definition) is 7. The van der Waals surface area contributed by atoms with Crippen molar-refractivity contribution in [2.75, 3.05) is 79.7 Å². The average molecular weight is 1580 g/mol. The number of carboxylic acid groups (broad SMARTS) is 1. The summed E-state index contributed by atoms with van der Waals surface area (Å²) in [5.41, 5.74) is 36.8. The molecule has 0 spiro atoms. The molecule has 2 aliphatic rings. The molecular formula is C81H89Cl2N19O11. The number of amides is 3. The number of aromatic carboxylic acids is 1. The molecule has 12 rings (SSSR count). The van der Waals surface area contributed by atoms with Gasteiger partial charge in [0.25, 0.3) is 5.91 Å². The monoisotopic (exact) mass is 1570 g/mol. The van der Waals surface area contributed by atoms with Crippen LogP contribution >= 0.6 is 23.2 Å². The lowest BCUT2D eigenvalue weighted by molar-refractivity contribution is 0.0695. The minimum Gasteiger partial charge on any atom is -0.496 e. The zero-order valence-electron chi connectivity index (χ0n) is 64.5. The Bertz CT molecular complexity index is 5450. The van der Waals surface area contributed by atoms with Crippen molar-refractivity contribution in [1.82, 2.24) is 63.7 Å². The Morgan fingerprint density at radius 1 is 0.584 bits per heavy atom. The number of H-pyrrole nitrogens is 2. The standard InChI is InChI=1S/C40H43ClN10O5.C25H31ClN6O3.C16H15N3O3/c1-23-19-44-29(24(2)34(23)55-5)22-51-21-28(33-35(41)47-39(43)48-37(33)51)8-6-7-17-56-40(54)50(4)16-15-49(3)38(53)26-12-9-25(10-13-26)11-14-27-20-45-36-32(27)30(52)18-31(42)46-36;1-6-7-11-31(4)25(33)35-12-9-8-10-18-14-32(23-20(18)22(26)29-24(27)30-23)15-19-17(3)21(34-5)16(2)13-28-19;17-13-7-12(20)14-11(8-18-15(14)19-13)6-3-9-1-4-10(5-2-9)16(21)22/h9-10,12-13,19-21,45H,7,11,14-18,22H2,1-5H3,(H2,42,46)(H2,43,47,48);13-14H,6-7,9,11-12,15H2,1-5H3,(H2,27,29,30);1-2,4-5,8,18H,3,6-7H2,(H2,17,19)(H,21,22). The van der Waals surface area contributed by atoms with Crippen molar-refractivity contribution in [2.45, 2.75) is 112 Å². The molecule has 0 atom stereocenters. The number of unbranched alkanes of at least 4 members (excludes halogenated alkanes) is 1. The number of halogens is 2. The molecule has 113 heavy (non-hydrogen) atoms. The van der Waals surface area contributed by atoms with Gasteiger partial charge in [-0.1, -0.05) is 84.5 Å². The van der Waals surface area contributed by atoms with Gasteiger partial charge in [-0.25, -0.2) is 34.3 Å². The third kappa shape index (κ3) is 20.4. The molecule has 0 unspecified atom stereocenters. The first-order valence-electron chi connectivity index (χ1n) is 36.3. The summed E-state index contributed by atoms with van der Waals surface area (Å²) >= 11 is 12.9. The van der Waals surface area contributed by atoms with Crippen molar-refractivity contribution in [3.05, 3.63) is 185 Å². The van der Waals surface area contributed by atoms with Gasteiger partial charge in [0, 0.05) is 119 Å². The van der Waals surface area contributed by atoms with Crippen molar-refractivity contribution in [2.24, 2.45) is 21.5 Å². The maximum Gasteiger partial charge on any atom is 0.409 e. The number of benzene rings is 2. The van der Waals surface area contributed by atoms with Crippen LogP contribution in [-0.2, 0) is 48.2 Å². The van der Waals surface area contributed by atoms with E-state index in [2.05, 4.69) is 80.5 Å². The second-order valence-electron chi connectivity index (χ2n) is 27.0. The zero-order valence-corrected chi connectivity index (χ0v) is 66.0. The Labute approximate surface area is 662 Å². The van der Waals surface area contributed by atoms with Crippen LogP contribution < -0.4 is 32.4 Å². The maximum absolute atomic E-state index is 13.1. The lowest BCUT2D eigenvalue weighted by atomic mass is 9.98. The van der Waals surface area contributed by atoms with Crippen LogP contribution in [0.25, 0.3) is 22.1 Å². The Morgan fingerprint density at radius 3 is 1.42 bits per heavy atom. The van der Waals surface area contributed by atoms with E-state index in [1.165, 1.54) is 4.90 Å². The smallest absolute Gasteiger partial charge is 0.409 e. The highest BCUT2D eigenvalue weighted by Crippen LogP contribution is 2.34. The van der Waals surface area contributed by atoms with E-state index in [9.17, 15) is 28.8 Å². The van der Waals surface area contributed by atoms with Gasteiger partial charge in [0.2, 0.25) is 11.9 Å². The summed E-state index contributed by atoms with van der Waals surface area (Å²) in [4.78, 5) is 118. The van der Waals surface area contributed by atoms with Gasteiger partial charge in [-0.2, -0.15) is 9.97 Å². The number of aliphatic imine (C=N–C) groups is 2. The van der Waals surface area contributed by atoms with Crippen LogP contribution in [0.5, 0.6) is 11.5 Å². The molecule has 0 saturated carbocycles. The fraction of sp³-hybridized carbons (Fsp3) is 0.333. The lowest BCUT2D eigenvalue weighted by Gasteiger charge is -2.22. The average Bonchev–Trinajstić information content (AvgIpc) is 1.64. The van der Waals surface area contributed by atoms with E-state index in [1.807, 2.05) is 61.4 Å². The summed E-state index contributed by atoms with van der Waals surface area (Å²) in [6.45, 7) is 12.2. The van der Waals surface area contributed by atoms with Gasteiger partial charge in [-0.3, -0.25) is 24.4 Å². The highest BCUT2D eigenvalue weighted by atomic mass is 35.5. The number of nitrogens with zero attached hydrogens (tertiary/aromatic N) is 13. The number of aryl methyl sites for hydroxylation is 6. The Hall–Kier alpha value is -12.8. The number of ketones is 2. The molecule has 10 aromatic rings. The molecule has 2 aromatic carbocycles. The van der Waals surface area contributed by atoms with Crippen molar-refractivity contribution in [1.29, 1.82) is 0 Å². The van der Waals surface area contributed by atoms with Crippen LogP contribution in [0.15, 0.2) is 95.7 Å². The minimum atomic E-state index is -0.938. The molecule has 3 amide bonds. The number of carbonyl (C=O) groups excluding carboxylic acids is 5. The van der Waals surface area contributed by atoms with Crippen LogP contribution in [-0.4, -0.2) is 184 Å². The van der Waals surface area contributed by atoms with Crippen LogP contribution in [0.1, 0.15) is 154 Å². The number of aromatic amines is 2. The number of Topliss-reactive ketones (excluding diaryl/α,β-unsaturated/α-hetero) is 2. The van der Waals surface area contributed by atoms with Crippen LogP contribution in [0.4, 0.5) is 33.1 Å². The van der Waals surface area contributed by atoms with Crippen molar-refractivity contribution < 1.29 is 52.8 Å². The summed E-state index contributed by atoms with van der Waals surface area (Å²) in [6, 6.07) is 14.1. The number of anilines is 2. The minimum absolute atomic E-state index is 0.0139. The largest absolute Gasteiger partial charge is 0.496 e. The summed E-state index contributed by atoms with van der Waals surface area (Å²) in [5, 5.41) is 10.5. The van der Waals surface area contributed by atoms with Gasteiger partial charge >= 0.3 is 18.2 Å². The number of rotatable bonds is 24. The third-order valence-electron chi connectivity index (χ3n) is 18.9. The number of fused-ring (bicyclic) bond motifs is 4. The van der Waals surface area contributed by atoms with Gasteiger partial charge in [-0.15, -0.1) is 0 Å². The number of nitrogen functional groups attached to an aromatic ring is 2. The molecule has 0 bridgehead atoms. The molecule has 0 radical (unpaired) electrons. The Kier molecular flexibility index (Phi) is 27.6. The molecule has 11 N–H and O–H groups in total. The predicted octanol–water partition coefficient (Wildman–Crippen LogP) is 11.4. The topological polar surface area (TPSA) is 417 Å². The Balaban J connectivity index is 0.000000201. The van der Waals surface area contributed by atoms with Crippen LogP contribution in [0.3, 0.4) is 0 Å². The number of methoxy groups -OCH3 is 2. The molecule has 588 valence electrons. The molecule has 32 heteroatoms. The number of carbonyl (C=O) groups is 6. The number of aromatic nitrogens is 10. The van der Waals surface area contributed by atoms with Gasteiger partial charge in [0.15, 0.2) is 11.6 Å². The summed E-state index contributed by atoms with van der Waals surface area (Å²) in [6.07, 6.45) is 15.5. The SMILES string of the molecule is CCCCN(C)C(=O)OCCC#Cc1cn(Cc2ncc(C)c(OC)c2C)c2nc(N)nc(Cl)c12.COc1c(C)cnc(Cn2cc(C#CCCOC(=O)N(C)CCN(C)C(=O)c3ccc(CCc4c[nH]c5c4C(=O)CC(N)=N5)cc3)c3c(Cl)nc(N)nc32)c1C.NC1=Nc2[nH]cc(CCc3ccc(C(=O)O)cc3)c2C(=O)C1. The van der Waals surface area contributed by atoms with E-state index >= 15 is 0 Å². The van der Waals surface area contributed by atoms with Gasteiger partial charge in [0.05, 0.1) is 90.1 Å². The van der Waals surface area contributed by atoms with Gasteiger partial charge in [0.1, 0.15) is 69.6 Å². The van der Waals surface area contributed by atoms with Crippen LogP contribution in [0, 0.1) is 51.4 Å². The van der Waals surface area contributed by atoms with Gasteiger partial charge < -0.3 is 80.8 Å². The van der Waals surface area contributed by atoms with E-state index in [1.54, 1.807) is 106 Å². The molecule has 10 heterocycles. The number of ether oxygens (including phenoxy) is 4. The fourth-order valence-corrected chi connectivity index (χ4v) is 13.3. The number of nitrogens with two attached hydrogens (primary N) is 4. The highest BCUT2D eigenvalue weighted by molar-refractivity contribution is 6.35. The number of pyridine rings is 2. The predicted molar refractivity (Wildman–Crippen MR) is 432 cm³/mol. The summed E-state index contributed by atoms with van der Waals surface area (Å²) in [5.74, 6) is 14.5. The highest BCUT2D eigenvalue weighted by Gasteiger charge is 2.27. The fourth-order valence-electron chi connectivity index (χ4n) is 12.8. The van der Waals surface area contributed by atoms with Crippen molar-refractivity contribution in [3.8, 4) is 35.2 Å². The molecule has 0 saturated heterocycles. The number of likely N-dealkylation sites (N-methyl/N-ethyl adjacent to an activating group) is 2. The second-order valence-corrected chi connectivity index (χ2v) is 27.7. The molecule has 2 aliphatic heterocycles. The van der Waals surface area contributed by atoms with E-state index in [4.69, 9.17) is 70.2 Å². The van der Waals surface area contributed by atoms with Crippen molar-refractivity contribution >= 4 is 116 Å². The van der Waals surface area contributed by atoms with E-state index in [0.29, 0.717) is 125 Å². The van der Waals surface area contributed by atoms with Crippen LogP contribution in [0.2, 0.25) is 10.3 Å². The molecule has 8 aromatic heterocycles.